The number of benzene rings is 2. The van der Waals surface area contributed by atoms with Gasteiger partial charge < -0.3 is 14.8 Å². The zero-order chi connectivity index (χ0) is 19.9. The number of para-hydroxylation sites is 1. The summed E-state index contributed by atoms with van der Waals surface area (Å²) in [5.74, 6) is 1.18. The van der Waals surface area contributed by atoms with Crippen molar-refractivity contribution in [1.82, 2.24) is 5.32 Å². The lowest BCUT2D eigenvalue weighted by Gasteiger charge is -2.16. The molecule has 2 aromatic carbocycles. The lowest BCUT2D eigenvalue weighted by Crippen LogP contribution is -2.30. The summed E-state index contributed by atoms with van der Waals surface area (Å²) in [4.78, 5) is 0.0142. The van der Waals surface area contributed by atoms with Crippen LogP contribution in [0.2, 0.25) is 0 Å². The van der Waals surface area contributed by atoms with E-state index in [2.05, 4.69) is 18.3 Å². The Balaban J connectivity index is 1.96. The van der Waals surface area contributed by atoms with Gasteiger partial charge in [-0.2, -0.15) is 0 Å². The minimum atomic E-state index is -3.83. The molecule has 148 valence electrons. The van der Waals surface area contributed by atoms with E-state index >= 15 is 0 Å². The average molecular weight is 393 g/mol. The van der Waals surface area contributed by atoms with Crippen molar-refractivity contribution >= 4 is 10.0 Å². The van der Waals surface area contributed by atoms with E-state index in [-0.39, 0.29) is 16.7 Å². The Morgan fingerprint density at radius 3 is 2.56 bits per heavy atom. The Bertz CT molecular complexity index is 853. The summed E-state index contributed by atoms with van der Waals surface area (Å²) in [6, 6.07) is 13.3. The van der Waals surface area contributed by atoms with Crippen molar-refractivity contribution in [2.45, 2.75) is 37.6 Å². The second kappa shape index (κ2) is 9.73. The average Bonchev–Trinajstić information content (AvgIpc) is 2.62. The lowest BCUT2D eigenvalue weighted by molar-refractivity contribution is 0.336. The largest absolute Gasteiger partial charge is 0.495 e. The first kappa shape index (κ1) is 21.2. The molecule has 0 radical (unpaired) electrons. The Labute approximate surface area is 161 Å². The number of hydrogen-bond acceptors (Lipinski definition) is 5. The van der Waals surface area contributed by atoms with E-state index in [4.69, 9.17) is 14.6 Å². The maximum atomic E-state index is 11.7. The van der Waals surface area contributed by atoms with E-state index < -0.39 is 10.0 Å². The summed E-state index contributed by atoms with van der Waals surface area (Å²) < 4.78 is 34.2. The van der Waals surface area contributed by atoms with Crippen molar-refractivity contribution in [2.75, 3.05) is 20.3 Å². The molecular weight excluding hydrogens is 364 g/mol. The SMILES string of the molecule is CCOc1ccccc1CCNC(C)Cc1ccc(OC)c(S(N)(=O)=O)c1. The molecule has 0 spiro atoms. The van der Waals surface area contributed by atoms with Crippen LogP contribution in [0.1, 0.15) is 25.0 Å². The van der Waals surface area contributed by atoms with Crippen LogP contribution in [0.5, 0.6) is 11.5 Å². The summed E-state index contributed by atoms with van der Waals surface area (Å²) in [5, 5.41) is 8.75. The van der Waals surface area contributed by atoms with Crippen LogP contribution < -0.4 is 19.9 Å². The van der Waals surface area contributed by atoms with Gasteiger partial charge in [0, 0.05) is 6.04 Å². The fraction of sp³-hybridized carbons (Fsp3) is 0.400. The summed E-state index contributed by atoms with van der Waals surface area (Å²) >= 11 is 0. The predicted octanol–water partition coefficient (Wildman–Crippen LogP) is 2.50. The first-order valence-electron chi connectivity index (χ1n) is 8.99. The van der Waals surface area contributed by atoms with Gasteiger partial charge in [0.1, 0.15) is 16.4 Å². The fourth-order valence-corrected chi connectivity index (χ4v) is 3.70. The van der Waals surface area contributed by atoms with Crippen molar-refractivity contribution in [3.05, 3.63) is 53.6 Å². The molecule has 0 bridgehead atoms. The van der Waals surface area contributed by atoms with Gasteiger partial charge >= 0.3 is 0 Å². The molecule has 0 aromatic heterocycles. The number of hydrogen-bond donors (Lipinski definition) is 2. The van der Waals surface area contributed by atoms with E-state index in [0.717, 1.165) is 24.3 Å². The molecule has 0 aliphatic rings. The topological polar surface area (TPSA) is 90.7 Å². The Hall–Kier alpha value is -2.09. The van der Waals surface area contributed by atoms with Crippen LogP contribution in [0.15, 0.2) is 47.4 Å². The summed E-state index contributed by atoms with van der Waals surface area (Å²) in [6.45, 7) is 5.48. The maximum Gasteiger partial charge on any atom is 0.241 e. The molecule has 0 saturated heterocycles. The molecule has 0 saturated carbocycles. The van der Waals surface area contributed by atoms with E-state index in [1.165, 1.54) is 12.7 Å². The number of primary sulfonamides is 1. The first-order chi connectivity index (χ1) is 12.8. The molecule has 1 atom stereocenters. The quantitative estimate of drug-likeness (QED) is 0.648. The van der Waals surface area contributed by atoms with Crippen LogP contribution in [0, 0.1) is 0 Å². The molecule has 0 amide bonds. The lowest BCUT2D eigenvalue weighted by atomic mass is 10.1. The molecule has 2 rings (SSSR count). The van der Waals surface area contributed by atoms with Crippen LogP contribution in [-0.4, -0.2) is 34.7 Å². The summed E-state index contributed by atoms with van der Waals surface area (Å²) in [7, 11) is -2.40. The number of ether oxygens (including phenoxy) is 2. The third-order valence-electron chi connectivity index (χ3n) is 4.24. The Morgan fingerprint density at radius 2 is 1.89 bits per heavy atom. The number of sulfonamides is 1. The van der Waals surface area contributed by atoms with Crippen molar-refractivity contribution in [3.63, 3.8) is 0 Å². The van der Waals surface area contributed by atoms with Gasteiger partial charge in [-0.25, -0.2) is 13.6 Å². The zero-order valence-corrected chi connectivity index (χ0v) is 16.9. The molecule has 7 heteroatoms. The fourth-order valence-electron chi connectivity index (χ4n) is 2.96. The molecule has 3 N–H and O–H groups in total. The molecule has 6 nitrogen and oxygen atoms in total. The number of nitrogens with one attached hydrogen (secondary N) is 1. The highest BCUT2D eigenvalue weighted by Crippen LogP contribution is 2.24. The molecule has 27 heavy (non-hydrogen) atoms. The second-order valence-corrected chi connectivity index (χ2v) is 7.91. The van der Waals surface area contributed by atoms with E-state index in [1.807, 2.05) is 31.2 Å². The van der Waals surface area contributed by atoms with Gasteiger partial charge in [-0.3, -0.25) is 0 Å². The minimum absolute atomic E-state index is 0.0142. The van der Waals surface area contributed by atoms with Crippen molar-refractivity contribution < 1.29 is 17.9 Å². The molecule has 1 unspecified atom stereocenters. The zero-order valence-electron chi connectivity index (χ0n) is 16.1. The Morgan fingerprint density at radius 1 is 1.15 bits per heavy atom. The highest BCUT2D eigenvalue weighted by atomic mass is 32.2. The molecule has 0 aliphatic carbocycles. The summed E-state index contributed by atoms with van der Waals surface area (Å²) in [6.07, 6.45) is 1.53. The van der Waals surface area contributed by atoms with Gasteiger partial charge in [-0.05, 0) is 62.6 Å². The van der Waals surface area contributed by atoms with E-state index in [1.54, 1.807) is 12.1 Å². The van der Waals surface area contributed by atoms with Gasteiger partial charge in [0.15, 0.2) is 0 Å². The van der Waals surface area contributed by atoms with Crippen LogP contribution >= 0.6 is 0 Å². The highest BCUT2D eigenvalue weighted by molar-refractivity contribution is 7.89. The standard InChI is InChI=1S/C20H28N2O4S/c1-4-26-18-8-6-5-7-17(18)11-12-22-15(2)13-16-9-10-19(25-3)20(14-16)27(21,23)24/h5-10,14-15,22H,4,11-13H2,1-3H3,(H2,21,23,24). The molecule has 2 aromatic rings. The number of nitrogens with two attached hydrogens (primary N) is 1. The van der Waals surface area contributed by atoms with Crippen LogP contribution in [0.4, 0.5) is 0 Å². The third-order valence-corrected chi connectivity index (χ3v) is 5.17. The van der Waals surface area contributed by atoms with Crippen molar-refractivity contribution in [3.8, 4) is 11.5 Å². The van der Waals surface area contributed by atoms with Crippen LogP contribution in [0.25, 0.3) is 0 Å². The Kier molecular flexibility index (Phi) is 7.65. The number of methoxy groups -OCH3 is 1. The normalized spacial score (nSPS) is 12.6. The maximum absolute atomic E-state index is 11.7. The van der Waals surface area contributed by atoms with Crippen molar-refractivity contribution in [2.24, 2.45) is 5.14 Å². The van der Waals surface area contributed by atoms with Gasteiger partial charge in [0.2, 0.25) is 10.0 Å². The van der Waals surface area contributed by atoms with Crippen LogP contribution in [0.3, 0.4) is 0 Å². The van der Waals surface area contributed by atoms with Crippen LogP contribution in [-0.2, 0) is 22.9 Å². The monoisotopic (exact) mass is 392 g/mol. The minimum Gasteiger partial charge on any atom is -0.495 e. The molecule has 0 fully saturated rings. The number of rotatable bonds is 10. The summed E-state index contributed by atoms with van der Waals surface area (Å²) in [5.41, 5.74) is 2.05. The molecular formula is C20H28N2O4S. The van der Waals surface area contributed by atoms with E-state index in [9.17, 15) is 8.42 Å². The smallest absolute Gasteiger partial charge is 0.241 e. The molecule has 0 heterocycles. The second-order valence-electron chi connectivity index (χ2n) is 6.38. The third kappa shape index (κ3) is 6.23. The first-order valence-corrected chi connectivity index (χ1v) is 10.5. The van der Waals surface area contributed by atoms with Gasteiger partial charge in [0.25, 0.3) is 0 Å². The van der Waals surface area contributed by atoms with Gasteiger partial charge in [0.05, 0.1) is 13.7 Å². The van der Waals surface area contributed by atoms with Gasteiger partial charge in [-0.15, -0.1) is 0 Å². The predicted molar refractivity (Wildman–Crippen MR) is 107 cm³/mol. The van der Waals surface area contributed by atoms with Gasteiger partial charge in [-0.1, -0.05) is 24.3 Å². The molecule has 0 aliphatic heterocycles. The van der Waals surface area contributed by atoms with E-state index in [0.29, 0.717) is 13.0 Å². The van der Waals surface area contributed by atoms with Crippen molar-refractivity contribution in [1.29, 1.82) is 0 Å². The highest BCUT2D eigenvalue weighted by Gasteiger charge is 2.16.